The van der Waals surface area contributed by atoms with E-state index < -0.39 is 5.60 Å². The molecule has 4 nitrogen and oxygen atoms in total. The van der Waals surface area contributed by atoms with Crippen LogP contribution in [0.2, 0.25) is 0 Å². The molecule has 0 aliphatic heterocycles. The van der Waals surface area contributed by atoms with Crippen LogP contribution in [0.1, 0.15) is 43.4 Å². The van der Waals surface area contributed by atoms with Gasteiger partial charge in [-0.2, -0.15) is 0 Å². The van der Waals surface area contributed by atoms with Crippen molar-refractivity contribution >= 4 is 0 Å². The molecule has 1 aromatic carbocycles. The molecule has 0 spiro atoms. The summed E-state index contributed by atoms with van der Waals surface area (Å²) in [6.45, 7) is 0.799. The number of rotatable bonds is 4. The molecule has 4 heteroatoms. The number of benzene rings is 1. The Morgan fingerprint density at radius 2 is 1.85 bits per heavy atom. The summed E-state index contributed by atoms with van der Waals surface area (Å²) in [5, 5.41) is 19.0. The zero-order valence-corrected chi connectivity index (χ0v) is 11.7. The van der Waals surface area contributed by atoms with Gasteiger partial charge in [-0.1, -0.05) is 54.8 Å². The monoisotopic (exact) mass is 271 g/mol. The molecule has 0 amide bonds. The lowest BCUT2D eigenvalue weighted by Gasteiger charge is -2.29. The molecule has 106 valence electrons. The van der Waals surface area contributed by atoms with Gasteiger partial charge < -0.3 is 5.11 Å². The molecule has 1 heterocycles. The van der Waals surface area contributed by atoms with Crippen LogP contribution >= 0.6 is 0 Å². The van der Waals surface area contributed by atoms with Crippen LogP contribution in [0.25, 0.3) is 0 Å². The van der Waals surface area contributed by atoms with Gasteiger partial charge in [-0.25, -0.2) is 0 Å². The van der Waals surface area contributed by atoms with Crippen molar-refractivity contribution in [3.8, 4) is 0 Å². The number of hydrogen-bond acceptors (Lipinski definition) is 3. The first-order chi connectivity index (χ1) is 9.76. The Bertz CT molecular complexity index is 544. The van der Waals surface area contributed by atoms with E-state index in [1.54, 1.807) is 0 Å². The molecular formula is C16H21N3O. The first kappa shape index (κ1) is 13.3. The molecule has 3 rings (SSSR count). The van der Waals surface area contributed by atoms with Crippen molar-refractivity contribution in [2.75, 3.05) is 0 Å². The number of aryl methyl sites for hydroxylation is 2. The minimum atomic E-state index is -0.747. The number of hydrogen-bond donors (Lipinski definition) is 1. The normalized spacial score (nSPS) is 18.1. The average molecular weight is 271 g/mol. The third kappa shape index (κ3) is 2.90. The van der Waals surface area contributed by atoms with E-state index in [1.807, 2.05) is 29.1 Å². The lowest BCUT2D eigenvalue weighted by atomic mass is 9.83. The molecule has 1 aromatic heterocycles. The van der Waals surface area contributed by atoms with Crippen molar-refractivity contribution in [3.63, 3.8) is 0 Å². The van der Waals surface area contributed by atoms with E-state index in [0.717, 1.165) is 44.3 Å². The molecule has 0 saturated heterocycles. The third-order valence-electron chi connectivity index (χ3n) is 4.17. The molecule has 1 aliphatic rings. The van der Waals surface area contributed by atoms with Crippen LogP contribution in [0.4, 0.5) is 0 Å². The fraction of sp³-hybridized carbons (Fsp3) is 0.500. The maximum atomic E-state index is 10.6. The van der Waals surface area contributed by atoms with Crippen molar-refractivity contribution in [3.05, 3.63) is 47.8 Å². The molecule has 1 aliphatic carbocycles. The van der Waals surface area contributed by atoms with Gasteiger partial charge in [0.2, 0.25) is 0 Å². The van der Waals surface area contributed by atoms with E-state index in [2.05, 4.69) is 22.4 Å². The third-order valence-corrected chi connectivity index (χ3v) is 4.17. The summed E-state index contributed by atoms with van der Waals surface area (Å²) in [5.41, 5.74) is 1.29. The summed E-state index contributed by atoms with van der Waals surface area (Å²) >= 11 is 0. The molecule has 1 N–H and O–H groups in total. The maximum Gasteiger partial charge on any atom is 0.114 e. The zero-order chi connectivity index (χ0) is 13.8. The molecule has 1 saturated carbocycles. The SMILES string of the molecule is OC1(c2cn(CCc3ccccc3)nn2)CCCCC1. The molecule has 0 radical (unpaired) electrons. The molecule has 20 heavy (non-hydrogen) atoms. The molecule has 0 atom stereocenters. The average Bonchev–Trinajstić information content (AvgIpc) is 2.97. The van der Waals surface area contributed by atoms with Crippen molar-refractivity contribution < 1.29 is 5.11 Å². The lowest BCUT2D eigenvalue weighted by molar-refractivity contribution is -0.00474. The minimum absolute atomic E-state index is 0.741. The highest BCUT2D eigenvalue weighted by Crippen LogP contribution is 2.35. The predicted octanol–water partition coefficient (Wildman–Crippen LogP) is 2.67. The van der Waals surface area contributed by atoms with Crippen LogP contribution in [0.3, 0.4) is 0 Å². The van der Waals surface area contributed by atoms with Gasteiger partial charge in [0.1, 0.15) is 11.3 Å². The van der Waals surface area contributed by atoms with Crippen molar-refractivity contribution in [2.24, 2.45) is 0 Å². The highest BCUT2D eigenvalue weighted by atomic mass is 16.3. The molecule has 0 unspecified atom stereocenters. The Morgan fingerprint density at radius 3 is 2.60 bits per heavy atom. The van der Waals surface area contributed by atoms with Crippen LogP contribution in [-0.4, -0.2) is 20.1 Å². The van der Waals surface area contributed by atoms with Crippen LogP contribution in [0.15, 0.2) is 36.5 Å². The van der Waals surface area contributed by atoms with Gasteiger partial charge in [-0.05, 0) is 24.8 Å². The zero-order valence-electron chi connectivity index (χ0n) is 11.7. The number of nitrogens with zero attached hydrogens (tertiary/aromatic N) is 3. The van der Waals surface area contributed by atoms with E-state index in [1.165, 1.54) is 12.0 Å². The lowest BCUT2D eigenvalue weighted by Crippen LogP contribution is -2.28. The molecular weight excluding hydrogens is 250 g/mol. The van der Waals surface area contributed by atoms with Gasteiger partial charge >= 0.3 is 0 Å². The number of aromatic nitrogens is 3. The topological polar surface area (TPSA) is 50.9 Å². The van der Waals surface area contributed by atoms with Gasteiger partial charge in [-0.15, -0.1) is 5.10 Å². The largest absolute Gasteiger partial charge is 0.383 e. The highest BCUT2D eigenvalue weighted by molar-refractivity contribution is 5.14. The first-order valence-electron chi connectivity index (χ1n) is 7.43. The van der Waals surface area contributed by atoms with E-state index in [4.69, 9.17) is 0 Å². The summed E-state index contributed by atoms with van der Waals surface area (Å²) in [5.74, 6) is 0. The number of aliphatic hydroxyl groups is 1. The van der Waals surface area contributed by atoms with Crippen LogP contribution in [0.5, 0.6) is 0 Å². The fourth-order valence-electron chi connectivity index (χ4n) is 2.90. The quantitative estimate of drug-likeness (QED) is 0.930. The summed E-state index contributed by atoms with van der Waals surface area (Å²) in [6.07, 6.45) is 7.83. The van der Waals surface area contributed by atoms with Crippen molar-refractivity contribution in [2.45, 2.75) is 50.7 Å². The van der Waals surface area contributed by atoms with Crippen LogP contribution in [0, 0.1) is 0 Å². The summed E-state index contributed by atoms with van der Waals surface area (Å²) in [4.78, 5) is 0. The fourth-order valence-corrected chi connectivity index (χ4v) is 2.90. The van der Waals surface area contributed by atoms with Gasteiger partial charge in [0.25, 0.3) is 0 Å². The Hall–Kier alpha value is -1.68. The van der Waals surface area contributed by atoms with Crippen molar-refractivity contribution in [1.82, 2.24) is 15.0 Å². The molecule has 1 fully saturated rings. The van der Waals surface area contributed by atoms with Crippen LogP contribution < -0.4 is 0 Å². The summed E-state index contributed by atoms with van der Waals surface area (Å²) in [7, 11) is 0. The second kappa shape index (κ2) is 5.75. The van der Waals surface area contributed by atoms with Crippen LogP contribution in [-0.2, 0) is 18.6 Å². The molecule has 0 bridgehead atoms. The Labute approximate surface area is 119 Å². The Morgan fingerprint density at radius 1 is 1.10 bits per heavy atom. The molecule has 2 aromatic rings. The van der Waals surface area contributed by atoms with E-state index in [9.17, 15) is 5.11 Å². The van der Waals surface area contributed by atoms with E-state index in [-0.39, 0.29) is 0 Å². The minimum Gasteiger partial charge on any atom is -0.383 e. The first-order valence-corrected chi connectivity index (χ1v) is 7.43. The van der Waals surface area contributed by atoms with E-state index >= 15 is 0 Å². The standard InChI is InChI=1S/C16H21N3O/c20-16(10-5-2-6-11-16)15-13-19(18-17-15)12-9-14-7-3-1-4-8-14/h1,3-4,7-8,13,20H,2,5-6,9-12H2. The highest BCUT2D eigenvalue weighted by Gasteiger charge is 2.33. The summed E-state index contributed by atoms with van der Waals surface area (Å²) < 4.78 is 1.84. The smallest absolute Gasteiger partial charge is 0.114 e. The van der Waals surface area contributed by atoms with E-state index in [0.29, 0.717) is 0 Å². The van der Waals surface area contributed by atoms with Gasteiger partial charge in [-0.3, -0.25) is 4.68 Å². The van der Waals surface area contributed by atoms with Gasteiger partial charge in [0.15, 0.2) is 0 Å². The van der Waals surface area contributed by atoms with Gasteiger partial charge in [0.05, 0.1) is 6.20 Å². The maximum absolute atomic E-state index is 10.6. The van der Waals surface area contributed by atoms with Gasteiger partial charge in [0, 0.05) is 6.54 Å². The predicted molar refractivity (Wildman–Crippen MR) is 77.1 cm³/mol. The Balaban J connectivity index is 1.65. The second-order valence-corrected chi connectivity index (χ2v) is 5.69. The Kier molecular flexibility index (Phi) is 3.83. The van der Waals surface area contributed by atoms with Crippen molar-refractivity contribution in [1.29, 1.82) is 0 Å². The second-order valence-electron chi connectivity index (χ2n) is 5.69. The summed E-state index contributed by atoms with van der Waals surface area (Å²) in [6, 6.07) is 10.4.